The summed E-state index contributed by atoms with van der Waals surface area (Å²) in [5, 5.41) is 1.02. The van der Waals surface area contributed by atoms with Gasteiger partial charge in [0, 0.05) is 23.2 Å². The van der Waals surface area contributed by atoms with Crippen molar-refractivity contribution in [2.24, 2.45) is 0 Å². The number of hydrogen-bond acceptors (Lipinski definition) is 3. The van der Waals surface area contributed by atoms with E-state index in [9.17, 15) is 4.79 Å². The molecule has 0 saturated carbocycles. The van der Waals surface area contributed by atoms with Crippen LogP contribution in [0.4, 0.5) is 0 Å². The number of pyridine rings is 1. The van der Waals surface area contributed by atoms with Crippen molar-refractivity contribution in [2.75, 3.05) is 20.6 Å². The average molecular weight is 308 g/mol. The highest BCUT2D eigenvalue weighted by Crippen LogP contribution is 2.26. The Bertz CT molecular complexity index is 903. The van der Waals surface area contributed by atoms with E-state index in [0.29, 0.717) is 5.56 Å². The molecule has 0 amide bonds. The Balaban J connectivity index is 2.12. The standard InChI is InChI=1S/C19H20N2O2/c1-13-11-15-12-14(6-7-17(15)20-19(13)22)16(8-9-21(2)3)18-5-4-10-23-18/h4-8,10-12H,9H2,1-3H3,(H,20,22). The van der Waals surface area contributed by atoms with Crippen LogP contribution in [0.2, 0.25) is 0 Å². The summed E-state index contributed by atoms with van der Waals surface area (Å²) in [5.74, 6) is 0.840. The van der Waals surface area contributed by atoms with Gasteiger partial charge in [-0.25, -0.2) is 0 Å². The van der Waals surface area contributed by atoms with Crippen LogP contribution in [-0.2, 0) is 0 Å². The molecule has 3 rings (SSSR count). The zero-order valence-corrected chi connectivity index (χ0v) is 13.6. The number of benzene rings is 1. The first-order valence-electron chi connectivity index (χ1n) is 7.57. The summed E-state index contributed by atoms with van der Waals surface area (Å²) in [6.45, 7) is 2.64. The van der Waals surface area contributed by atoms with Crippen molar-refractivity contribution < 1.29 is 4.42 Å². The number of hydrogen-bond donors (Lipinski definition) is 1. The molecule has 0 aliphatic carbocycles. The Kier molecular flexibility index (Phi) is 4.17. The van der Waals surface area contributed by atoms with Gasteiger partial charge >= 0.3 is 0 Å². The molecule has 0 fully saturated rings. The van der Waals surface area contributed by atoms with Gasteiger partial charge in [-0.3, -0.25) is 4.79 Å². The first kappa shape index (κ1) is 15.3. The molecule has 4 heteroatoms. The molecule has 0 spiro atoms. The monoisotopic (exact) mass is 308 g/mol. The van der Waals surface area contributed by atoms with Crippen molar-refractivity contribution in [3.63, 3.8) is 0 Å². The summed E-state index contributed by atoms with van der Waals surface area (Å²) in [6.07, 6.45) is 3.83. The van der Waals surface area contributed by atoms with Crippen LogP contribution in [-0.4, -0.2) is 30.5 Å². The third-order valence-corrected chi connectivity index (χ3v) is 3.79. The number of rotatable bonds is 4. The molecular formula is C19H20N2O2. The minimum Gasteiger partial charge on any atom is -0.464 e. The molecule has 3 aromatic rings. The summed E-state index contributed by atoms with van der Waals surface area (Å²) in [5.41, 5.74) is 3.64. The molecular weight excluding hydrogens is 288 g/mol. The van der Waals surface area contributed by atoms with E-state index in [1.165, 1.54) is 0 Å². The van der Waals surface area contributed by atoms with Gasteiger partial charge in [-0.1, -0.05) is 12.1 Å². The molecule has 0 atom stereocenters. The molecule has 1 aromatic carbocycles. The van der Waals surface area contributed by atoms with Crippen LogP contribution >= 0.6 is 0 Å². The van der Waals surface area contributed by atoms with E-state index >= 15 is 0 Å². The Labute approximate surface area is 135 Å². The van der Waals surface area contributed by atoms with Crippen molar-refractivity contribution in [3.8, 4) is 0 Å². The van der Waals surface area contributed by atoms with Gasteiger partial charge < -0.3 is 14.3 Å². The first-order valence-corrected chi connectivity index (χ1v) is 7.57. The molecule has 0 radical (unpaired) electrons. The van der Waals surface area contributed by atoms with E-state index < -0.39 is 0 Å². The van der Waals surface area contributed by atoms with Crippen LogP contribution < -0.4 is 5.56 Å². The second-order valence-corrected chi connectivity index (χ2v) is 5.94. The minimum absolute atomic E-state index is 0.0420. The highest BCUT2D eigenvalue weighted by Gasteiger charge is 2.09. The lowest BCUT2D eigenvalue weighted by molar-refractivity contribution is 0.456. The lowest BCUT2D eigenvalue weighted by Gasteiger charge is -2.10. The van der Waals surface area contributed by atoms with Gasteiger partial charge in [0.1, 0.15) is 5.76 Å². The van der Waals surface area contributed by atoms with Crippen molar-refractivity contribution in [2.45, 2.75) is 6.92 Å². The highest BCUT2D eigenvalue weighted by atomic mass is 16.3. The Morgan fingerprint density at radius 3 is 2.78 bits per heavy atom. The van der Waals surface area contributed by atoms with E-state index in [1.54, 1.807) is 6.26 Å². The number of furan rings is 1. The van der Waals surface area contributed by atoms with E-state index in [1.807, 2.05) is 51.4 Å². The second-order valence-electron chi connectivity index (χ2n) is 5.94. The van der Waals surface area contributed by atoms with Crippen LogP contribution in [0.25, 0.3) is 16.5 Å². The van der Waals surface area contributed by atoms with Gasteiger partial charge in [0.25, 0.3) is 5.56 Å². The van der Waals surface area contributed by atoms with Gasteiger partial charge in [0.2, 0.25) is 0 Å². The predicted octanol–water partition coefficient (Wildman–Crippen LogP) is 3.42. The first-order chi connectivity index (χ1) is 11.0. The SMILES string of the molecule is Cc1cc2cc(C(=CCN(C)C)c3ccco3)ccc2[nH]c1=O. The molecule has 0 saturated heterocycles. The Morgan fingerprint density at radius 2 is 2.09 bits per heavy atom. The minimum atomic E-state index is -0.0420. The molecule has 4 nitrogen and oxygen atoms in total. The molecule has 2 heterocycles. The summed E-state index contributed by atoms with van der Waals surface area (Å²) in [6, 6.07) is 11.8. The Hall–Kier alpha value is -2.59. The lowest BCUT2D eigenvalue weighted by atomic mass is 10.0. The number of H-pyrrole nitrogens is 1. The molecule has 0 aliphatic heterocycles. The van der Waals surface area contributed by atoms with Crippen LogP contribution in [0.3, 0.4) is 0 Å². The van der Waals surface area contributed by atoms with E-state index in [4.69, 9.17) is 4.42 Å². The molecule has 118 valence electrons. The van der Waals surface area contributed by atoms with Crippen molar-refractivity contribution in [3.05, 3.63) is 76.0 Å². The van der Waals surface area contributed by atoms with Gasteiger partial charge in [-0.2, -0.15) is 0 Å². The van der Waals surface area contributed by atoms with E-state index in [0.717, 1.165) is 34.3 Å². The lowest BCUT2D eigenvalue weighted by Crippen LogP contribution is -2.11. The third-order valence-electron chi connectivity index (χ3n) is 3.79. The van der Waals surface area contributed by atoms with Gasteiger partial charge in [-0.05, 0) is 62.3 Å². The average Bonchev–Trinajstić information content (AvgIpc) is 3.02. The number of likely N-dealkylation sites (N-methyl/N-ethyl adjacent to an activating group) is 1. The fourth-order valence-corrected chi connectivity index (χ4v) is 2.55. The van der Waals surface area contributed by atoms with Crippen molar-refractivity contribution in [1.29, 1.82) is 0 Å². The number of aromatic amines is 1. The Morgan fingerprint density at radius 1 is 1.26 bits per heavy atom. The van der Waals surface area contributed by atoms with E-state index in [-0.39, 0.29) is 5.56 Å². The normalized spacial score (nSPS) is 12.3. The summed E-state index contributed by atoms with van der Waals surface area (Å²) in [7, 11) is 4.06. The molecule has 23 heavy (non-hydrogen) atoms. The third kappa shape index (κ3) is 3.27. The number of fused-ring (bicyclic) bond motifs is 1. The quantitative estimate of drug-likeness (QED) is 0.803. The van der Waals surface area contributed by atoms with Crippen LogP contribution in [0.15, 0.2) is 57.9 Å². The zero-order chi connectivity index (χ0) is 16.4. The fourth-order valence-electron chi connectivity index (χ4n) is 2.55. The van der Waals surface area contributed by atoms with Gasteiger partial charge in [0.05, 0.1) is 6.26 Å². The molecule has 0 bridgehead atoms. The maximum absolute atomic E-state index is 11.7. The summed E-state index contributed by atoms with van der Waals surface area (Å²) in [4.78, 5) is 16.7. The maximum atomic E-state index is 11.7. The van der Waals surface area contributed by atoms with Crippen LogP contribution in [0.1, 0.15) is 16.9 Å². The summed E-state index contributed by atoms with van der Waals surface area (Å²) >= 11 is 0. The van der Waals surface area contributed by atoms with Crippen LogP contribution in [0, 0.1) is 6.92 Å². The number of aryl methyl sites for hydroxylation is 1. The fraction of sp³-hybridized carbons (Fsp3) is 0.211. The number of aromatic nitrogens is 1. The predicted molar refractivity (Wildman–Crippen MR) is 93.6 cm³/mol. The van der Waals surface area contributed by atoms with Crippen molar-refractivity contribution >= 4 is 16.5 Å². The molecule has 0 aliphatic rings. The second kappa shape index (κ2) is 6.26. The van der Waals surface area contributed by atoms with E-state index in [2.05, 4.69) is 22.0 Å². The zero-order valence-electron chi connectivity index (χ0n) is 13.6. The molecule has 0 unspecified atom stereocenters. The van der Waals surface area contributed by atoms with Gasteiger partial charge in [-0.15, -0.1) is 0 Å². The van der Waals surface area contributed by atoms with Gasteiger partial charge in [0.15, 0.2) is 0 Å². The molecule has 1 N–H and O–H groups in total. The summed E-state index contributed by atoms with van der Waals surface area (Å²) < 4.78 is 5.59. The topological polar surface area (TPSA) is 49.2 Å². The van der Waals surface area contributed by atoms with Crippen LogP contribution in [0.5, 0.6) is 0 Å². The number of nitrogens with zero attached hydrogens (tertiary/aromatic N) is 1. The van der Waals surface area contributed by atoms with Crippen molar-refractivity contribution in [1.82, 2.24) is 9.88 Å². The smallest absolute Gasteiger partial charge is 0.251 e. The number of nitrogens with one attached hydrogen (secondary N) is 1. The molecule has 2 aromatic heterocycles. The maximum Gasteiger partial charge on any atom is 0.251 e. The largest absolute Gasteiger partial charge is 0.464 e. The highest BCUT2D eigenvalue weighted by molar-refractivity contribution is 5.86.